The number of carbonyl (C=O) groups excluding carboxylic acids is 2. The molecule has 0 aromatic heterocycles. The minimum Gasteiger partial charge on any atom is -0.484 e. The molecule has 0 unspecified atom stereocenters. The lowest BCUT2D eigenvalue weighted by Crippen LogP contribution is -2.53. The number of amides is 2. The van der Waals surface area contributed by atoms with Crippen LogP contribution >= 0.6 is 0 Å². The van der Waals surface area contributed by atoms with E-state index >= 15 is 0 Å². The van der Waals surface area contributed by atoms with Gasteiger partial charge in [0.25, 0.3) is 5.91 Å². The normalized spacial score (nSPS) is 12.2. The van der Waals surface area contributed by atoms with Crippen LogP contribution in [0.1, 0.15) is 45.7 Å². The summed E-state index contributed by atoms with van der Waals surface area (Å²) in [4.78, 5) is 27.0. The molecule has 30 heavy (non-hydrogen) atoms. The smallest absolute Gasteiger partial charge is 0.261 e. The molecule has 2 aromatic carbocycles. The fourth-order valence-electron chi connectivity index (χ4n) is 2.92. The average molecular weight is 415 g/mol. The van der Waals surface area contributed by atoms with Crippen LogP contribution in [0, 0.1) is 5.82 Å². The van der Waals surface area contributed by atoms with Crippen molar-refractivity contribution in [2.75, 3.05) is 6.61 Å². The van der Waals surface area contributed by atoms with Crippen LogP contribution < -0.4 is 10.1 Å². The molecule has 0 aliphatic heterocycles. The number of carbonyl (C=O) groups is 2. The van der Waals surface area contributed by atoms with Crippen LogP contribution in [0.15, 0.2) is 48.5 Å². The van der Waals surface area contributed by atoms with E-state index in [1.54, 1.807) is 25.1 Å². The number of rotatable bonds is 8. The van der Waals surface area contributed by atoms with Crippen LogP contribution in [-0.4, -0.2) is 34.9 Å². The largest absolute Gasteiger partial charge is 0.484 e. The predicted octanol–water partition coefficient (Wildman–Crippen LogP) is 4.10. The summed E-state index contributed by atoms with van der Waals surface area (Å²) in [6.45, 7) is 9.02. The van der Waals surface area contributed by atoms with Gasteiger partial charge in [0.2, 0.25) is 5.91 Å². The summed E-state index contributed by atoms with van der Waals surface area (Å²) in [5.41, 5.74) is 1.06. The van der Waals surface area contributed by atoms with Gasteiger partial charge in [0.1, 0.15) is 17.6 Å². The molecule has 2 rings (SSSR count). The van der Waals surface area contributed by atoms with Gasteiger partial charge in [-0.1, -0.05) is 37.3 Å². The van der Waals surface area contributed by atoms with Crippen molar-refractivity contribution in [3.8, 4) is 5.75 Å². The number of nitrogens with one attached hydrogen (secondary N) is 1. The van der Waals surface area contributed by atoms with Gasteiger partial charge in [0, 0.05) is 17.6 Å². The molecule has 0 aliphatic rings. The Kier molecular flexibility index (Phi) is 7.98. The van der Waals surface area contributed by atoms with Crippen LogP contribution in [-0.2, 0) is 22.6 Å². The zero-order valence-electron chi connectivity index (χ0n) is 18.4. The maximum Gasteiger partial charge on any atom is 0.261 e. The minimum atomic E-state index is -0.789. The number of aryl methyl sites for hydroxylation is 1. The molecule has 0 aliphatic carbocycles. The van der Waals surface area contributed by atoms with Crippen LogP contribution in [0.5, 0.6) is 5.75 Å². The summed E-state index contributed by atoms with van der Waals surface area (Å²) in [6, 6.07) is 12.9. The van der Waals surface area contributed by atoms with Crippen molar-refractivity contribution in [1.82, 2.24) is 10.2 Å². The van der Waals surface area contributed by atoms with Crippen LogP contribution in [0.3, 0.4) is 0 Å². The van der Waals surface area contributed by atoms with Gasteiger partial charge in [-0.3, -0.25) is 9.59 Å². The second kappa shape index (κ2) is 10.2. The molecule has 0 radical (unpaired) electrons. The lowest BCUT2D eigenvalue weighted by atomic mass is 10.1. The van der Waals surface area contributed by atoms with E-state index < -0.39 is 23.3 Å². The monoisotopic (exact) mass is 414 g/mol. The number of benzene rings is 2. The Balaban J connectivity index is 2.16. The molecule has 2 aromatic rings. The van der Waals surface area contributed by atoms with Gasteiger partial charge < -0.3 is 15.0 Å². The first-order valence-electron chi connectivity index (χ1n) is 10.2. The SMILES string of the molecule is CCc1ccc(OCC(=O)N(Cc2ccccc2F)[C@H](C)C(=O)NC(C)(C)C)cc1. The molecule has 0 spiro atoms. The average Bonchev–Trinajstić information content (AvgIpc) is 2.70. The third kappa shape index (κ3) is 6.87. The molecule has 0 saturated heterocycles. The second-order valence-electron chi connectivity index (χ2n) is 8.31. The maximum absolute atomic E-state index is 14.2. The highest BCUT2D eigenvalue weighted by molar-refractivity contribution is 5.88. The first-order valence-corrected chi connectivity index (χ1v) is 10.2. The van der Waals surface area contributed by atoms with Crippen molar-refractivity contribution in [1.29, 1.82) is 0 Å². The zero-order chi connectivity index (χ0) is 22.3. The van der Waals surface area contributed by atoms with Gasteiger partial charge in [0.15, 0.2) is 6.61 Å². The van der Waals surface area contributed by atoms with Crippen LogP contribution in [0.2, 0.25) is 0 Å². The predicted molar refractivity (Wildman–Crippen MR) is 116 cm³/mol. The lowest BCUT2D eigenvalue weighted by Gasteiger charge is -2.31. The molecular formula is C24H31FN2O3. The highest BCUT2D eigenvalue weighted by Gasteiger charge is 2.29. The number of nitrogens with zero attached hydrogens (tertiary/aromatic N) is 1. The van der Waals surface area contributed by atoms with Crippen LogP contribution in [0.25, 0.3) is 0 Å². The van der Waals surface area contributed by atoms with Crippen molar-refractivity contribution < 1.29 is 18.7 Å². The number of hydrogen-bond donors (Lipinski definition) is 1. The Labute approximate surface area is 178 Å². The second-order valence-corrected chi connectivity index (χ2v) is 8.31. The Morgan fingerprint density at radius 2 is 1.73 bits per heavy atom. The summed E-state index contributed by atoms with van der Waals surface area (Å²) in [5.74, 6) is -0.554. The van der Waals surface area contributed by atoms with E-state index in [0.717, 1.165) is 6.42 Å². The van der Waals surface area contributed by atoms with Crippen molar-refractivity contribution >= 4 is 11.8 Å². The van der Waals surface area contributed by atoms with E-state index in [4.69, 9.17) is 4.74 Å². The van der Waals surface area contributed by atoms with E-state index in [1.807, 2.05) is 45.0 Å². The number of ether oxygens (including phenoxy) is 1. The third-order valence-electron chi connectivity index (χ3n) is 4.66. The summed E-state index contributed by atoms with van der Waals surface area (Å²) >= 11 is 0. The Morgan fingerprint density at radius 3 is 2.30 bits per heavy atom. The summed E-state index contributed by atoms with van der Waals surface area (Å²) in [5, 5.41) is 2.87. The maximum atomic E-state index is 14.2. The molecule has 0 saturated carbocycles. The summed E-state index contributed by atoms with van der Waals surface area (Å²) in [7, 11) is 0. The van der Waals surface area contributed by atoms with E-state index in [-0.39, 0.29) is 19.1 Å². The minimum absolute atomic E-state index is 0.0254. The van der Waals surface area contributed by atoms with Gasteiger partial charge in [-0.15, -0.1) is 0 Å². The van der Waals surface area contributed by atoms with Gasteiger partial charge in [-0.05, 0) is 57.9 Å². The molecule has 0 bridgehead atoms. The van der Waals surface area contributed by atoms with E-state index in [2.05, 4.69) is 12.2 Å². The fourth-order valence-corrected chi connectivity index (χ4v) is 2.92. The lowest BCUT2D eigenvalue weighted by molar-refractivity contribution is -0.142. The first kappa shape index (κ1) is 23.4. The van der Waals surface area contributed by atoms with E-state index in [9.17, 15) is 14.0 Å². The Bertz CT molecular complexity index is 859. The van der Waals surface area contributed by atoms with Crippen molar-refractivity contribution in [3.63, 3.8) is 0 Å². The molecule has 162 valence electrons. The molecule has 0 heterocycles. The van der Waals surface area contributed by atoms with Crippen molar-refractivity contribution in [2.24, 2.45) is 0 Å². The van der Waals surface area contributed by atoms with Gasteiger partial charge >= 0.3 is 0 Å². The van der Waals surface area contributed by atoms with Crippen molar-refractivity contribution in [2.45, 2.75) is 59.2 Å². The Morgan fingerprint density at radius 1 is 1.10 bits per heavy atom. The molecule has 6 heteroatoms. The molecule has 1 N–H and O–H groups in total. The number of hydrogen-bond acceptors (Lipinski definition) is 3. The first-order chi connectivity index (χ1) is 14.1. The zero-order valence-corrected chi connectivity index (χ0v) is 18.4. The number of halogens is 1. The van der Waals surface area contributed by atoms with E-state index in [0.29, 0.717) is 11.3 Å². The molecule has 1 atom stereocenters. The van der Waals surface area contributed by atoms with Gasteiger partial charge in [-0.2, -0.15) is 0 Å². The van der Waals surface area contributed by atoms with E-state index in [1.165, 1.54) is 16.5 Å². The highest BCUT2D eigenvalue weighted by Crippen LogP contribution is 2.16. The van der Waals surface area contributed by atoms with Gasteiger partial charge in [-0.25, -0.2) is 4.39 Å². The molecule has 5 nitrogen and oxygen atoms in total. The fraction of sp³-hybridized carbons (Fsp3) is 0.417. The summed E-state index contributed by atoms with van der Waals surface area (Å²) < 4.78 is 19.8. The molecule has 0 fully saturated rings. The quantitative estimate of drug-likeness (QED) is 0.708. The van der Waals surface area contributed by atoms with Gasteiger partial charge in [0.05, 0.1) is 0 Å². The van der Waals surface area contributed by atoms with Crippen molar-refractivity contribution in [3.05, 3.63) is 65.5 Å². The third-order valence-corrected chi connectivity index (χ3v) is 4.66. The standard InChI is InChI=1S/C24H31FN2O3/c1-6-18-11-13-20(14-12-18)30-16-22(28)27(15-19-9-7-8-10-21(19)25)17(2)23(29)26-24(3,4)5/h7-14,17H,6,15-16H2,1-5H3,(H,26,29)/t17-/m1/s1. The topological polar surface area (TPSA) is 58.6 Å². The Hall–Kier alpha value is -2.89. The highest BCUT2D eigenvalue weighted by atomic mass is 19.1. The molecule has 2 amide bonds. The summed E-state index contributed by atoms with van der Waals surface area (Å²) in [6.07, 6.45) is 0.913. The molecular weight excluding hydrogens is 383 g/mol. The van der Waals surface area contributed by atoms with Crippen LogP contribution in [0.4, 0.5) is 4.39 Å².